The first-order valence-electron chi connectivity index (χ1n) is 7.88. The van der Waals surface area contributed by atoms with Gasteiger partial charge in [0.2, 0.25) is 5.91 Å². The average Bonchev–Trinajstić information content (AvgIpc) is 2.73. The van der Waals surface area contributed by atoms with Crippen LogP contribution in [0.3, 0.4) is 0 Å². The Morgan fingerprint density at radius 2 is 2.00 bits per heavy atom. The Morgan fingerprint density at radius 1 is 1.26 bits per heavy atom. The average molecular weight is 336 g/mol. The summed E-state index contributed by atoms with van der Waals surface area (Å²) in [7, 11) is -3.82. The van der Waals surface area contributed by atoms with Gasteiger partial charge >= 0.3 is 0 Å². The lowest BCUT2D eigenvalue weighted by Gasteiger charge is -2.33. The molecule has 3 rings (SSSR count). The van der Waals surface area contributed by atoms with E-state index < -0.39 is 15.9 Å². The Bertz CT molecular complexity index is 744. The second-order valence-electron chi connectivity index (χ2n) is 6.06. The highest BCUT2D eigenvalue weighted by Crippen LogP contribution is 2.30. The van der Waals surface area contributed by atoms with Crippen molar-refractivity contribution in [2.24, 2.45) is 0 Å². The van der Waals surface area contributed by atoms with E-state index in [1.807, 2.05) is 6.92 Å². The summed E-state index contributed by atoms with van der Waals surface area (Å²) in [5, 5.41) is 0. The highest BCUT2D eigenvalue weighted by Gasteiger charge is 2.41. The zero-order valence-corrected chi connectivity index (χ0v) is 13.9. The quantitative estimate of drug-likeness (QED) is 0.841. The van der Waals surface area contributed by atoms with Crippen LogP contribution in [0.15, 0.2) is 29.2 Å². The van der Waals surface area contributed by atoms with E-state index >= 15 is 0 Å². The molecule has 7 heteroatoms. The highest BCUT2D eigenvalue weighted by molar-refractivity contribution is 7.90. The fourth-order valence-electron chi connectivity index (χ4n) is 3.26. The molecule has 0 radical (unpaired) electrons. The number of piperidine rings is 1. The van der Waals surface area contributed by atoms with Gasteiger partial charge in [-0.1, -0.05) is 12.1 Å². The predicted octanol–water partition coefficient (Wildman–Crippen LogP) is 1.62. The topological polar surface area (TPSA) is 74.8 Å². The smallest absolute Gasteiger partial charge is 0.269 e. The van der Waals surface area contributed by atoms with Gasteiger partial charge in [0, 0.05) is 25.6 Å². The van der Waals surface area contributed by atoms with Crippen LogP contribution < -0.4 is 0 Å². The molecule has 6 nitrogen and oxygen atoms in total. The van der Waals surface area contributed by atoms with E-state index in [9.17, 15) is 18.0 Å². The third-order valence-electron chi connectivity index (χ3n) is 4.56. The number of hydrogen-bond acceptors (Lipinski definition) is 4. The molecule has 1 aromatic carbocycles. The van der Waals surface area contributed by atoms with E-state index in [4.69, 9.17) is 0 Å². The van der Waals surface area contributed by atoms with Crippen LogP contribution in [0.2, 0.25) is 0 Å². The third-order valence-corrected chi connectivity index (χ3v) is 6.40. The zero-order chi connectivity index (χ0) is 16.6. The first kappa shape index (κ1) is 16.0. The maximum absolute atomic E-state index is 12.4. The van der Waals surface area contributed by atoms with Crippen LogP contribution in [-0.4, -0.2) is 48.6 Å². The number of carbonyl (C=O) groups excluding carboxylic acids is 2. The molecule has 1 aromatic rings. The molecule has 1 atom stereocenters. The van der Waals surface area contributed by atoms with E-state index in [0.29, 0.717) is 6.54 Å². The molecule has 0 unspecified atom stereocenters. The number of likely N-dealkylation sites (tertiary alicyclic amines) is 1. The Balaban J connectivity index is 1.72. The molecule has 0 bridgehead atoms. The standard InChI is InChI=1S/C16H20N2O4S/c1-12-6-4-5-10-17(12)15(19)9-11-18-16(20)13-7-2-3-8-14(13)23(18,21)22/h2-3,7-8,12H,4-6,9-11H2,1H3/t12-/m0/s1. The van der Waals surface area contributed by atoms with E-state index in [1.54, 1.807) is 17.0 Å². The van der Waals surface area contributed by atoms with Crippen LogP contribution in [-0.2, 0) is 14.8 Å². The normalized spacial score (nSPS) is 23.0. The number of rotatable bonds is 3. The van der Waals surface area contributed by atoms with Crippen molar-refractivity contribution in [2.75, 3.05) is 13.1 Å². The molecule has 1 fully saturated rings. The monoisotopic (exact) mass is 336 g/mol. The van der Waals surface area contributed by atoms with Crippen LogP contribution in [0.4, 0.5) is 0 Å². The van der Waals surface area contributed by atoms with Crippen molar-refractivity contribution in [2.45, 2.75) is 43.5 Å². The molecule has 0 N–H and O–H groups in total. The lowest BCUT2D eigenvalue weighted by Crippen LogP contribution is -2.43. The lowest BCUT2D eigenvalue weighted by molar-refractivity contribution is -0.134. The second-order valence-corrected chi connectivity index (χ2v) is 7.89. The maximum Gasteiger partial charge on any atom is 0.269 e. The van der Waals surface area contributed by atoms with Gasteiger partial charge in [-0.15, -0.1) is 0 Å². The van der Waals surface area contributed by atoms with Gasteiger partial charge in [-0.05, 0) is 38.3 Å². The van der Waals surface area contributed by atoms with Gasteiger partial charge in [0.1, 0.15) is 4.90 Å². The Labute approximate surface area is 136 Å². The highest BCUT2D eigenvalue weighted by atomic mass is 32.2. The van der Waals surface area contributed by atoms with E-state index in [2.05, 4.69) is 0 Å². The molecule has 0 spiro atoms. The summed E-state index contributed by atoms with van der Waals surface area (Å²) >= 11 is 0. The largest absolute Gasteiger partial charge is 0.340 e. The molecule has 124 valence electrons. The van der Waals surface area contributed by atoms with Crippen LogP contribution in [0, 0.1) is 0 Å². The molecule has 0 saturated carbocycles. The van der Waals surface area contributed by atoms with Crippen LogP contribution in [0.25, 0.3) is 0 Å². The number of nitrogens with zero attached hydrogens (tertiary/aromatic N) is 2. The summed E-state index contributed by atoms with van der Waals surface area (Å²) in [5.74, 6) is -0.628. The number of amides is 2. The summed E-state index contributed by atoms with van der Waals surface area (Å²) in [4.78, 5) is 26.5. The molecule has 23 heavy (non-hydrogen) atoms. The molecule has 2 heterocycles. The van der Waals surface area contributed by atoms with Gasteiger partial charge in [-0.3, -0.25) is 9.59 Å². The van der Waals surface area contributed by atoms with Crippen molar-refractivity contribution in [1.82, 2.24) is 9.21 Å². The Morgan fingerprint density at radius 3 is 2.70 bits per heavy atom. The van der Waals surface area contributed by atoms with Crippen LogP contribution >= 0.6 is 0 Å². The van der Waals surface area contributed by atoms with Crippen LogP contribution in [0.1, 0.15) is 43.0 Å². The van der Waals surface area contributed by atoms with Crippen molar-refractivity contribution >= 4 is 21.8 Å². The molecular weight excluding hydrogens is 316 g/mol. The van der Waals surface area contributed by atoms with Crippen molar-refractivity contribution in [3.8, 4) is 0 Å². The number of carbonyl (C=O) groups is 2. The van der Waals surface area contributed by atoms with Crippen molar-refractivity contribution < 1.29 is 18.0 Å². The van der Waals surface area contributed by atoms with E-state index in [-0.39, 0.29) is 35.4 Å². The number of hydrogen-bond donors (Lipinski definition) is 0. The van der Waals surface area contributed by atoms with Gasteiger partial charge < -0.3 is 4.90 Å². The zero-order valence-electron chi connectivity index (χ0n) is 13.1. The number of benzene rings is 1. The molecule has 2 amide bonds. The first-order chi connectivity index (χ1) is 10.9. The van der Waals surface area contributed by atoms with Crippen molar-refractivity contribution in [1.29, 1.82) is 0 Å². The van der Waals surface area contributed by atoms with Gasteiger partial charge in [0.05, 0.1) is 5.56 Å². The minimum atomic E-state index is -3.82. The van der Waals surface area contributed by atoms with Crippen molar-refractivity contribution in [3.05, 3.63) is 29.8 Å². The molecule has 0 aromatic heterocycles. The van der Waals surface area contributed by atoms with Gasteiger partial charge in [0.15, 0.2) is 0 Å². The first-order valence-corrected chi connectivity index (χ1v) is 9.32. The van der Waals surface area contributed by atoms with Gasteiger partial charge in [-0.2, -0.15) is 0 Å². The summed E-state index contributed by atoms with van der Waals surface area (Å²) in [5.41, 5.74) is 0.186. The lowest BCUT2D eigenvalue weighted by atomic mass is 10.0. The maximum atomic E-state index is 12.4. The number of sulfonamides is 1. The van der Waals surface area contributed by atoms with Gasteiger partial charge in [-0.25, -0.2) is 12.7 Å². The van der Waals surface area contributed by atoms with E-state index in [1.165, 1.54) is 12.1 Å². The fraction of sp³-hybridized carbons (Fsp3) is 0.500. The summed E-state index contributed by atoms with van der Waals surface area (Å²) in [6.45, 7) is 2.61. The number of fused-ring (bicyclic) bond motifs is 1. The summed E-state index contributed by atoms with van der Waals surface area (Å²) in [6.07, 6.45) is 3.09. The van der Waals surface area contributed by atoms with Gasteiger partial charge in [0.25, 0.3) is 15.9 Å². The second kappa shape index (κ2) is 5.96. The molecular formula is C16H20N2O4S. The SMILES string of the molecule is C[C@H]1CCCCN1C(=O)CCN1C(=O)c2ccccc2S1(=O)=O. The minimum Gasteiger partial charge on any atom is -0.340 e. The van der Waals surface area contributed by atoms with E-state index in [0.717, 1.165) is 23.6 Å². The third kappa shape index (κ3) is 2.73. The fourth-order valence-corrected chi connectivity index (χ4v) is 4.83. The molecule has 1 saturated heterocycles. The molecule has 2 aliphatic heterocycles. The molecule has 2 aliphatic rings. The Kier molecular flexibility index (Phi) is 4.14. The van der Waals surface area contributed by atoms with Crippen molar-refractivity contribution in [3.63, 3.8) is 0 Å². The minimum absolute atomic E-state index is 0.0311. The predicted molar refractivity (Wildman–Crippen MR) is 84.3 cm³/mol. The summed E-state index contributed by atoms with van der Waals surface area (Å²) in [6, 6.07) is 6.34. The Hall–Kier alpha value is -1.89. The van der Waals surface area contributed by atoms with Crippen LogP contribution in [0.5, 0.6) is 0 Å². The molecule has 0 aliphatic carbocycles. The summed E-state index contributed by atoms with van der Waals surface area (Å²) < 4.78 is 25.7.